The third kappa shape index (κ3) is 3.70. The predicted octanol–water partition coefficient (Wildman–Crippen LogP) is 1.88. The normalized spacial score (nSPS) is 13.1. The van der Waals surface area contributed by atoms with E-state index >= 15 is 0 Å². The van der Waals surface area contributed by atoms with Gasteiger partial charge in [-0.05, 0) is 12.0 Å². The van der Waals surface area contributed by atoms with Gasteiger partial charge in [-0.25, -0.2) is 13.4 Å². The van der Waals surface area contributed by atoms with E-state index in [1.54, 1.807) is 4.52 Å². The minimum Gasteiger partial charge on any atom is -0.362 e. The number of aryl methyl sites for hydroxylation is 1. The summed E-state index contributed by atoms with van der Waals surface area (Å²) in [7, 11) is -3.17. The lowest BCUT2D eigenvalue weighted by atomic mass is 10.1. The van der Waals surface area contributed by atoms with Gasteiger partial charge in [-0.2, -0.15) is 14.6 Å². The number of anilines is 1. The first-order valence-corrected chi connectivity index (χ1v) is 9.71. The molecule has 3 aromatic rings. The number of fused-ring (bicyclic) bond motifs is 1. The summed E-state index contributed by atoms with van der Waals surface area (Å²) >= 11 is 0. The average Bonchev–Trinajstić information content (AvgIpc) is 3.02. The zero-order valence-corrected chi connectivity index (χ0v) is 14.4. The lowest BCUT2D eigenvalue weighted by molar-refractivity contribution is 0.597. The van der Waals surface area contributed by atoms with Crippen molar-refractivity contribution in [3.63, 3.8) is 0 Å². The van der Waals surface area contributed by atoms with Gasteiger partial charge in [0, 0.05) is 18.0 Å². The van der Waals surface area contributed by atoms with Crippen LogP contribution in [-0.2, 0) is 16.3 Å². The summed E-state index contributed by atoms with van der Waals surface area (Å²) in [5.41, 5.74) is 1.76. The second kappa shape index (κ2) is 6.56. The molecule has 3 rings (SSSR count). The monoisotopic (exact) mass is 345 g/mol. The van der Waals surface area contributed by atoms with Gasteiger partial charge < -0.3 is 5.32 Å². The van der Waals surface area contributed by atoms with Crippen molar-refractivity contribution in [1.29, 1.82) is 0 Å². The van der Waals surface area contributed by atoms with Crippen LogP contribution >= 0.6 is 0 Å². The van der Waals surface area contributed by atoms with Gasteiger partial charge in [-0.15, -0.1) is 0 Å². The molecule has 0 amide bonds. The molecule has 126 valence electrons. The van der Waals surface area contributed by atoms with Crippen molar-refractivity contribution in [3.05, 3.63) is 54.0 Å². The fraction of sp³-hybridized carbons (Fsp3) is 0.312. The number of nitrogens with one attached hydrogen (secondary N) is 1. The van der Waals surface area contributed by atoms with Crippen LogP contribution in [0.3, 0.4) is 0 Å². The molecule has 1 atom stereocenters. The van der Waals surface area contributed by atoms with Crippen LogP contribution in [0.15, 0.2) is 42.7 Å². The van der Waals surface area contributed by atoms with Gasteiger partial charge in [0.2, 0.25) is 0 Å². The number of benzene rings is 1. The Morgan fingerprint density at radius 1 is 1.25 bits per heavy atom. The van der Waals surface area contributed by atoms with Crippen molar-refractivity contribution < 1.29 is 8.42 Å². The summed E-state index contributed by atoms with van der Waals surface area (Å²) in [6, 6.07) is 11.0. The van der Waals surface area contributed by atoms with Gasteiger partial charge in [0.1, 0.15) is 22.0 Å². The fourth-order valence-corrected chi connectivity index (χ4v) is 3.41. The van der Waals surface area contributed by atoms with Crippen LogP contribution < -0.4 is 5.32 Å². The number of aromatic nitrogens is 4. The largest absolute Gasteiger partial charge is 0.362 e. The molecule has 0 aliphatic heterocycles. The summed E-state index contributed by atoms with van der Waals surface area (Å²) in [4.78, 5) is 8.53. The van der Waals surface area contributed by atoms with Gasteiger partial charge in [0.15, 0.2) is 0 Å². The SMILES string of the molecule is CCc1cc(NC(CS(C)(=O)=O)c2ccccc2)n2ncnc2n1. The number of hydrogen-bond acceptors (Lipinski definition) is 6. The Bertz CT molecular complexity index is 938. The molecule has 0 aliphatic carbocycles. The van der Waals surface area contributed by atoms with Gasteiger partial charge in [0.05, 0.1) is 11.8 Å². The number of hydrogen-bond donors (Lipinski definition) is 1. The summed E-state index contributed by atoms with van der Waals surface area (Å²) in [6.07, 6.45) is 3.42. The Labute approximate surface area is 140 Å². The van der Waals surface area contributed by atoms with E-state index in [1.807, 2.05) is 43.3 Å². The molecule has 0 fully saturated rings. The van der Waals surface area contributed by atoms with Crippen LogP contribution in [0.25, 0.3) is 5.78 Å². The van der Waals surface area contributed by atoms with E-state index in [-0.39, 0.29) is 11.8 Å². The molecular formula is C16H19N5O2S. The summed E-state index contributed by atoms with van der Waals surface area (Å²) in [5.74, 6) is 1.15. The third-order valence-corrected chi connectivity index (χ3v) is 4.60. The van der Waals surface area contributed by atoms with E-state index in [0.717, 1.165) is 17.7 Å². The molecule has 7 nitrogen and oxygen atoms in total. The predicted molar refractivity (Wildman–Crippen MR) is 92.7 cm³/mol. The Hall–Kier alpha value is -2.48. The van der Waals surface area contributed by atoms with E-state index in [4.69, 9.17) is 0 Å². The molecule has 1 N–H and O–H groups in total. The quantitative estimate of drug-likeness (QED) is 0.734. The highest BCUT2D eigenvalue weighted by molar-refractivity contribution is 7.90. The van der Waals surface area contributed by atoms with Gasteiger partial charge in [-0.1, -0.05) is 37.3 Å². The van der Waals surface area contributed by atoms with E-state index in [1.165, 1.54) is 12.6 Å². The van der Waals surface area contributed by atoms with E-state index in [2.05, 4.69) is 20.4 Å². The van der Waals surface area contributed by atoms with Gasteiger partial charge in [0.25, 0.3) is 5.78 Å². The molecule has 2 heterocycles. The first-order valence-electron chi connectivity index (χ1n) is 7.65. The molecule has 0 saturated carbocycles. The van der Waals surface area contributed by atoms with Gasteiger partial charge in [-0.3, -0.25) is 0 Å². The van der Waals surface area contributed by atoms with E-state index in [0.29, 0.717) is 11.6 Å². The molecule has 8 heteroatoms. The Kier molecular flexibility index (Phi) is 4.48. The van der Waals surface area contributed by atoms with Crippen molar-refractivity contribution in [3.8, 4) is 0 Å². The fourth-order valence-electron chi connectivity index (χ4n) is 2.53. The topological polar surface area (TPSA) is 89.2 Å². The van der Waals surface area contributed by atoms with Crippen LogP contribution in [-0.4, -0.2) is 40.0 Å². The van der Waals surface area contributed by atoms with Crippen molar-refractivity contribution in [2.45, 2.75) is 19.4 Å². The molecule has 0 saturated heterocycles. The Morgan fingerprint density at radius 2 is 2.00 bits per heavy atom. The van der Waals surface area contributed by atoms with Crippen LogP contribution in [0.4, 0.5) is 5.82 Å². The molecule has 2 aromatic heterocycles. The highest BCUT2D eigenvalue weighted by Crippen LogP contribution is 2.22. The van der Waals surface area contributed by atoms with Crippen LogP contribution in [0, 0.1) is 0 Å². The smallest absolute Gasteiger partial charge is 0.254 e. The minimum atomic E-state index is -3.17. The molecule has 24 heavy (non-hydrogen) atoms. The molecular weight excluding hydrogens is 326 g/mol. The van der Waals surface area contributed by atoms with Gasteiger partial charge >= 0.3 is 0 Å². The van der Waals surface area contributed by atoms with E-state index in [9.17, 15) is 8.42 Å². The molecule has 0 radical (unpaired) electrons. The van der Waals surface area contributed by atoms with Crippen molar-refractivity contribution in [2.75, 3.05) is 17.3 Å². The number of rotatable bonds is 6. The highest BCUT2D eigenvalue weighted by atomic mass is 32.2. The summed E-state index contributed by atoms with van der Waals surface area (Å²) in [6.45, 7) is 2.00. The van der Waals surface area contributed by atoms with Crippen molar-refractivity contribution in [2.24, 2.45) is 0 Å². The lowest BCUT2D eigenvalue weighted by Gasteiger charge is -2.20. The Morgan fingerprint density at radius 3 is 2.67 bits per heavy atom. The van der Waals surface area contributed by atoms with Crippen LogP contribution in [0.5, 0.6) is 0 Å². The molecule has 0 spiro atoms. The van der Waals surface area contributed by atoms with Crippen LogP contribution in [0.2, 0.25) is 0 Å². The maximum Gasteiger partial charge on any atom is 0.254 e. The third-order valence-electron chi connectivity index (χ3n) is 3.66. The van der Waals surface area contributed by atoms with Crippen molar-refractivity contribution >= 4 is 21.4 Å². The highest BCUT2D eigenvalue weighted by Gasteiger charge is 2.19. The molecule has 1 aromatic carbocycles. The van der Waals surface area contributed by atoms with Crippen molar-refractivity contribution in [1.82, 2.24) is 19.6 Å². The zero-order valence-electron chi connectivity index (χ0n) is 13.5. The minimum absolute atomic E-state index is 0.0169. The second-order valence-electron chi connectivity index (χ2n) is 5.66. The summed E-state index contributed by atoms with van der Waals surface area (Å²) < 4.78 is 25.3. The molecule has 0 aliphatic rings. The first-order chi connectivity index (χ1) is 11.5. The maximum atomic E-state index is 11.9. The summed E-state index contributed by atoms with van der Waals surface area (Å²) in [5, 5.41) is 7.47. The first kappa shape index (κ1) is 16.4. The molecule has 1 unspecified atom stereocenters. The Balaban J connectivity index is 2.03. The lowest BCUT2D eigenvalue weighted by Crippen LogP contribution is -2.22. The maximum absolute atomic E-state index is 11.9. The second-order valence-corrected chi connectivity index (χ2v) is 7.84. The van der Waals surface area contributed by atoms with Crippen LogP contribution in [0.1, 0.15) is 24.2 Å². The number of nitrogens with zero attached hydrogens (tertiary/aromatic N) is 4. The number of sulfone groups is 1. The van der Waals surface area contributed by atoms with E-state index < -0.39 is 9.84 Å². The zero-order chi connectivity index (χ0) is 17.2. The average molecular weight is 345 g/mol. The standard InChI is InChI=1S/C16H19N5O2S/c1-3-13-9-15(21-16(19-13)17-11-18-21)20-14(10-24(2,22)23)12-7-5-4-6-8-12/h4-9,11,14,20H,3,10H2,1-2H3. The molecule has 0 bridgehead atoms.